The Kier molecular flexibility index (Phi) is 8.16. The summed E-state index contributed by atoms with van der Waals surface area (Å²) in [5.74, 6) is -0.368. The largest absolute Gasteiger partial charge is 0.493 e. The monoisotopic (exact) mass is 446 g/mol. The first kappa shape index (κ1) is 23.7. The number of halogens is 2. The average Bonchev–Trinajstić information content (AvgIpc) is 2.79. The van der Waals surface area contributed by atoms with Gasteiger partial charge >= 0.3 is 0 Å². The summed E-state index contributed by atoms with van der Waals surface area (Å²) in [6.07, 6.45) is 2.24. The quantitative estimate of drug-likeness (QED) is 0.201. The van der Waals surface area contributed by atoms with Gasteiger partial charge in [0.2, 0.25) is 0 Å². The van der Waals surface area contributed by atoms with Gasteiger partial charge in [0.15, 0.2) is 17.3 Å². The first-order valence-corrected chi connectivity index (χ1v) is 10.6. The molecule has 0 saturated carbocycles. The van der Waals surface area contributed by atoms with Crippen LogP contribution in [0.15, 0.2) is 41.6 Å². The van der Waals surface area contributed by atoms with Crippen LogP contribution in [0.4, 0.5) is 8.78 Å². The van der Waals surface area contributed by atoms with Gasteiger partial charge in [0, 0.05) is 29.7 Å². The third-order valence-corrected chi connectivity index (χ3v) is 5.74. The molecule has 6 nitrogen and oxygen atoms in total. The Bertz CT molecular complexity index is 972. The molecule has 0 bridgehead atoms. The number of nitrogens with zero attached hydrogens (tertiary/aromatic N) is 2. The summed E-state index contributed by atoms with van der Waals surface area (Å²) >= 11 is 0. The van der Waals surface area contributed by atoms with Crippen molar-refractivity contribution in [2.24, 2.45) is 11.1 Å². The maximum Gasteiger partial charge on any atom is 0.161 e. The van der Waals surface area contributed by atoms with Crippen LogP contribution in [0.25, 0.3) is 0 Å². The Morgan fingerprint density at radius 1 is 1.16 bits per heavy atom. The van der Waals surface area contributed by atoms with Gasteiger partial charge in [0.1, 0.15) is 11.6 Å². The fourth-order valence-electron chi connectivity index (χ4n) is 3.96. The van der Waals surface area contributed by atoms with Gasteiger partial charge in [-0.1, -0.05) is 5.16 Å². The zero-order chi connectivity index (χ0) is 23.1. The van der Waals surface area contributed by atoms with Crippen LogP contribution in [-0.2, 0) is 0 Å². The van der Waals surface area contributed by atoms with Crippen LogP contribution < -0.4 is 9.47 Å². The predicted molar refractivity (Wildman–Crippen MR) is 117 cm³/mol. The van der Waals surface area contributed by atoms with E-state index in [-0.39, 0.29) is 23.0 Å². The zero-order valence-electron chi connectivity index (χ0n) is 18.3. The minimum Gasteiger partial charge on any atom is -0.493 e. The van der Waals surface area contributed by atoms with Crippen LogP contribution in [0, 0.1) is 17.6 Å². The SMILES string of the molecule is COc1cc(C(C)=O)ccc1OCCCN1CCC(/C(=N/O)c2ccc(F)cc2F)CC1. The Balaban J connectivity index is 1.46. The van der Waals surface area contributed by atoms with E-state index in [9.17, 15) is 18.8 Å². The number of rotatable bonds is 9. The fraction of sp³-hybridized carbons (Fsp3) is 0.417. The van der Waals surface area contributed by atoms with Crippen molar-refractivity contribution < 1.29 is 28.3 Å². The number of carbonyl (C=O) groups excluding carboxylic acids is 1. The third-order valence-electron chi connectivity index (χ3n) is 5.74. The normalized spacial score (nSPS) is 15.6. The Morgan fingerprint density at radius 2 is 1.91 bits per heavy atom. The number of Topliss-reactive ketones (excluding diaryl/α,β-unsaturated/α-hetero) is 1. The molecule has 0 aliphatic carbocycles. The lowest BCUT2D eigenvalue weighted by atomic mass is 9.88. The van der Waals surface area contributed by atoms with Crippen molar-refractivity contribution in [3.05, 3.63) is 59.2 Å². The lowest BCUT2D eigenvalue weighted by molar-refractivity contribution is 0.101. The van der Waals surface area contributed by atoms with Crippen LogP contribution >= 0.6 is 0 Å². The summed E-state index contributed by atoms with van der Waals surface area (Å²) in [5.41, 5.74) is 0.987. The first-order valence-electron chi connectivity index (χ1n) is 10.6. The number of ketones is 1. The highest BCUT2D eigenvalue weighted by Crippen LogP contribution is 2.29. The van der Waals surface area contributed by atoms with Gasteiger partial charge in [0.25, 0.3) is 0 Å². The van der Waals surface area contributed by atoms with Crippen molar-refractivity contribution in [3.63, 3.8) is 0 Å². The van der Waals surface area contributed by atoms with Gasteiger partial charge in [0.05, 0.1) is 19.4 Å². The van der Waals surface area contributed by atoms with Crippen molar-refractivity contribution in [1.29, 1.82) is 0 Å². The number of benzene rings is 2. The van der Waals surface area contributed by atoms with Gasteiger partial charge in [-0.15, -0.1) is 0 Å². The topological polar surface area (TPSA) is 71.4 Å². The average molecular weight is 446 g/mol. The maximum atomic E-state index is 14.1. The van der Waals surface area contributed by atoms with Crippen LogP contribution in [0.2, 0.25) is 0 Å². The van der Waals surface area contributed by atoms with Crippen LogP contribution in [0.3, 0.4) is 0 Å². The van der Waals surface area contributed by atoms with Crippen LogP contribution in [0.5, 0.6) is 11.5 Å². The van der Waals surface area contributed by atoms with E-state index in [2.05, 4.69) is 10.1 Å². The summed E-state index contributed by atoms with van der Waals surface area (Å²) < 4.78 is 38.4. The number of hydrogen-bond donors (Lipinski definition) is 1. The number of methoxy groups -OCH3 is 1. The molecule has 0 atom stereocenters. The minimum atomic E-state index is -0.718. The molecular formula is C24H28F2N2O4. The molecule has 32 heavy (non-hydrogen) atoms. The predicted octanol–water partition coefficient (Wildman–Crippen LogP) is 4.54. The number of ether oxygens (including phenoxy) is 2. The number of piperidine rings is 1. The Labute approximate surface area is 186 Å². The molecule has 2 aromatic carbocycles. The van der Waals surface area contributed by atoms with E-state index in [1.807, 2.05) is 0 Å². The Morgan fingerprint density at radius 3 is 2.53 bits per heavy atom. The molecule has 1 heterocycles. The molecule has 0 spiro atoms. The van der Waals surface area contributed by atoms with Crippen molar-refractivity contribution >= 4 is 11.5 Å². The summed E-state index contributed by atoms with van der Waals surface area (Å²) in [7, 11) is 1.54. The highest BCUT2D eigenvalue weighted by Gasteiger charge is 2.26. The van der Waals surface area contributed by atoms with Crippen LogP contribution in [-0.4, -0.2) is 55.0 Å². The van der Waals surface area contributed by atoms with Gasteiger partial charge in [-0.2, -0.15) is 0 Å². The van der Waals surface area contributed by atoms with Gasteiger partial charge < -0.3 is 19.6 Å². The lowest BCUT2D eigenvalue weighted by Crippen LogP contribution is -2.37. The van der Waals surface area contributed by atoms with E-state index in [4.69, 9.17) is 9.47 Å². The van der Waals surface area contributed by atoms with E-state index in [1.54, 1.807) is 18.2 Å². The molecule has 0 radical (unpaired) electrons. The first-order chi connectivity index (χ1) is 15.4. The molecular weight excluding hydrogens is 418 g/mol. The number of likely N-dealkylation sites (tertiary alicyclic amines) is 1. The standard InChI is InChI=1S/C24H28F2N2O4/c1-16(29)18-4-7-22(23(14-18)31-2)32-13-3-10-28-11-8-17(9-12-28)24(27-30)20-6-5-19(25)15-21(20)26/h4-7,14-15,17,30H,3,8-13H2,1-2H3/b27-24-. The second-order valence-electron chi connectivity index (χ2n) is 7.85. The molecule has 1 N–H and O–H groups in total. The second kappa shape index (κ2) is 11.0. The summed E-state index contributed by atoms with van der Waals surface area (Å²) in [6.45, 7) is 4.40. The van der Waals surface area contributed by atoms with E-state index in [0.29, 0.717) is 23.7 Å². The third kappa shape index (κ3) is 5.82. The second-order valence-corrected chi connectivity index (χ2v) is 7.85. The molecule has 1 aliphatic rings. The van der Waals surface area contributed by atoms with Gasteiger partial charge in [-0.3, -0.25) is 4.79 Å². The molecule has 1 saturated heterocycles. The molecule has 0 aromatic heterocycles. The van der Waals surface area contributed by atoms with Crippen molar-refractivity contribution in [2.75, 3.05) is 33.4 Å². The number of hydrogen-bond acceptors (Lipinski definition) is 6. The molecule has 8 heteroatoms. The van der Waals surface area contributed by atoms with E-state index in [1.165, 1.54) is 26.2 Å². The van der Waals surface area contributed by atoms with Gasteiger partial charge in [-0.25, -0.2) is 8.78 Å². The number of oxime groups is 1. The van der Waals surface area contributed by atoms with Gasteiger partial charge in [-0.05, 0) is 69.6 Å². The summed E-state index contributed by atoms with van der Waals surface area (Å²) in [5, 5.41) is 12.8. The van der Waals surface area contributed by atoms with Crippen LogP contribution in [0.1, 0.15) is 42.1 Å². The fourth-order valence-corrected chi connectivity index (χ4v) is 3.96. The van der Waals surface area contributed by atoms with E-state index >= 15 is 0 Å². The van der Waals surface area contributed by atoms with E-state index in [0.717, 1.165) is 45.0 Å². The highest BCUT2D eigenvalue weighted by molar-refractivity contribution is 6.02. The molecule has 1 fully saturated rings. The van der Waals surface area contributed by atoms with E-state index < -0.39 is 11.6 Å². The zero-order valence-corrected chi connectivity index (χ0v) is 18.3. The molecule has 0 amide bonds. The molecule has 2 aromatic rings. The number of carbonyl (C=O) groups is 1. The minimum absolute atomic E-state index is 0.0326. The summed E-state index contributed by atoms with van der Waals surface area (Å²) in [4.78, 5) is 13.8. The van der Waals surface area contributed by atoms with Crippen molar-refractivity contribution in [1.82, 2.24) is 4.90 Å². The Hall–Kier alpha value is -3.00. The van der Waals surface area contributed by atoms with Crippen molar-refractivity contribution in [3.8, 4) is 11.5 Å². The smallest absolute Gasteiger partial charge is 0.161 e. The maximum absolute atomic E-state index is 14.1. The summed E-state index contributed by atoms with van der Waals surface area (Å²) in [6, 6.07) is 8.42. The molecule has 1 aliphatic heterocycles. The molecule has 0 unspecified atom stereocenters. The lowest BCUT2D eigenvalue weighted by Gasteiger charge is -2.32. The highest BCUT2D eigenvalue weighted by atomic mass is 19.1. The molecule has 172 valence electrons. The van der Waals surface area contributed by atoms with Crippen molar-refractivity contribution in [2.45, 2.75) is 26.2 Å². The molecule has 3 rings (SSSR count).